The van der Waals surface area contributed by atoms with Crippen LogP contribution in [-0.4, -0.2) is 17.3 Å². The van der Waals surface area contributed by atoms with Crippen LogP contribution in [0.4, 0.5) is 0 Å². The fourth-order valence-electron chi connectivity index (χ4n) is 0.252. The Bertz CT molecular complexity index is 132. The maximum atomic E-state index is 4.70. The number of ether oxygens (including phenoxy) is 1. The monoisotopic (exact) mass is 152 g/mol. The molecule has 0 fully saturated rings. The third-order valence-electron chi connectivity index (χ3n) is 0.515. The highest BCUT2D eigenvalue weighted by Crippen LogP contribution is 2.08. The Kier molecular flexibility index (Phi) is 3.47. The highest BCUT2D eigenvalue weighted by molar-refractivity contribution is 7.11. The van der Waals surface area contributed by atoms with Gasteiger partial charge in [0.2, 0.25) is 0 Å². The Morgan fingerprint density at radius 2 is 2.50 bits per heavy atom. The van der Waals surface area contributed by atoms with Gasteiger partial charge in [-0.3, -0.25) is 0 Å². The van der Waals surface area contributed by atoms with Gasteiger partial charge >= 0.3 is 0 Å². The van der Waals surface area contributed by atoms with Gasteiger partial charge in [-0.15, -0.1) is 22.6 Å². The molecule has 46 valence electrons. The Labute approximate surface area is 57.1 Å². The molecule has 1 heterocycles. The molecule has 8 heavy (non-hydrogen) atoms. The first kappa shape index (κ1) is 7.65. The molecule has 3 nitrogen and oxygen atoms in total. The van der Waals surface area contributed by atoms with Crippen LogP contribution in [-0.2, 0) is 0 Å². The van der Waals surface area contributed by atoms with Crippen molar-refractivity contribution in [3.63, 3.8) is 0 Å². The van der Waals surface area contributed by atoms with Crippen LogP contribution < -0.4 is 4.74 Å². The van der Waals surface area contributed by atoms with Gasteiger partial charge in [0.25, 0.3) is 5.19 Å². The third kappa shape index (κ3) is 1.63. The maximum Gasteiger partial charge on any atom is 0.293 e. The van der Waals surface area contributed by atoms with Gasteiger partial charge in [0, 0.05) is 0 Å². The Hall–Kier alpha value is -0.350. The molecule has 0 spiro atoms. The summed E-state index contributed by atoms with van der Waals surface area (Å²) in [4.78, 5) is 0. The van der Waals surface area contributed by atoms with Crippen LogP contribution in [0.25, 0.3) is 0 Å². The van der Waals surface area contributed by atoms with Crippen LogP contribution in [0.5, 0.6) is 5.19 Å². The minimum absolute atomic E-state index is 0. The number of methoxy groups -OCH3 is 1. The standard InChI is InChI=1S/C3H4N2OS.ClH/c1-6-3-5-4-2-7-3;/h2H,1H3;1H. The number of rotatable bonds is 1. The first-order valence-corrected chi connectivity index (χ1v) is 2.61. The van der Waals surface area contributed by atoms with Gasteiger partial charge in [-0.05, 0) is 0 Å². The number of hydrogen-bond donors (Lipinski definition) is 0. The minimum Gasteiger partial charge on any atom is -0.472 e. The second-order valence-corrected chi connectivity index (χ2v) is 1.70. The predicted octanol–water partition coefficient (Wildman–Crippen LogP) is 0.968. The summed E-state index contributed by atoms with van der Waals surface area (Å²) in [5.74, 6) is 0. The highest BCUT2D eigenvalue weighted by Gasteiger charge is 1.87. The molecule has 1 aromatic heterocycles. The molecule has 0 unspecified atom stereocenters. The lowest BCUT2D eigenvalue weighted by molar-refractivity contribution is 0.407. The molecular weight excluding hydrogens is 148 g/mol. The van der Waals surface area contributed by atoms with E-state index in [9.17, 15) is 0 Å². The van der Waals surface area contributed by atoms with E-state index in [1.165, 1.54) is 11.3 Å². The van der Waals surface area contributed by atoms with Crippen LogP contribution in [0.2, 0.25) is 0 Å². The van der Waals surface area contributed by atoms with E-state index < -0.39 is 0 Å². The summed E-state index contributed by atoms with van der Waals surface area (Å²) in [7, 11) is 1.57. The van der Waals surface area contributed by atoms with Crippen molar-refractivity contribution in [3.8, 4) is 5.19 Å². The number of nitrogens with zero attached hydrogens (tertiary/aromatic N) is 2. The average molecular weight is 153 g/mol. The van der Waals surface area contributed by atoms with E-state index in [4.69, 9.17) is 4.74 Å². The summed E-state index contributed by atoms with van der Waals surface area (Å²) in [6.07, 6.45) is 0. The van der Waals surface area contributed by atoms with E-state index in [1.54, 1.807) is 12.6 Å². The van der Waals surface area contributed by atoms with E-state index in [0.717, 1.165) is 0 Å². The summed E-state index contributed by atoms with van der Waals surface area (Å²) in [6.45, 7) is 0. The lowest BCUT2D eigenvalue weighted by Crippen LogP contribution is -1.78. The summed E-state index contributed by atoms with van der Waals surface area (Å²) < 4.78 is 4.70. The lowest BCUT2D eigenvalue weighted by atomic mass is 11.4. The van der Waals surface area contributed by atoms with Crippen LogP contribution in [0.3, 0.4) is 0 Å². The quantitative estimate of drug-likeness (QED) is 0.602. The normalized spacial score (nSPS) is 7.62. The molecule has 0 amide bonds. The zero-order chi connectivity index (χ0) is 5.11. The Balaban J connectivity index is 0.000000490. The maximum absolute atomic E-state index is 4.70. The molecular formula is C3H5ClN2OS. The summed E-state index contributed by atoms with van der Waals surface area (Å²) in [5, 5.41) is 7.73. The smallest absolute Gasteiger partial charge is 0.293 e. The van der Waals surface area contributed by atoms with Gasteiger partial charge in [0.05, 0.1) is 7.11 Å². The SMILES string of the molecule is COc1nncs1.Cl. The van der Waals surface area contributed by atoms with Gasteiger partial charge in [-0.2, -0.15) is 0 Å². The second-order valence-electron chi connectivity index (χ2n) is 0.909. The van der Waals surface area contributed by atoms with Crippen LogP contribution in [0.1, 0.15) is 0 Å². The zero-order valence-electron chi connectivity index (χ0n) is 4.20. The highest BCUT2D eigenvalue weighted by atomic mass is 35.5. The molecule has 0 bridgehead atoms. The topological polar surface area (TPSA) is 35.0 Å². The van der Waals surface area contributed by atoms with Crippen LogP contribution in [0, 0.1) is 0 Å². The van der Waals surface area contributed by atoms with Gasteiger partial charge in [0.1, 0.15) is 5.51 Å². The van der Waals surface area contributed by atoms with Crippen molar-refractivity contribution < 1.29 is 4.74 Å². The third-order valence-corrected chi connectivity index (χ3v) is 1.16. The fraction of sp³-hybridized carbons (Fsp3) is 0.333. The lowest BCUT2D eigenvalue weighted by Gasteiger charge is -1.82. The largest absolute Gasteiger partial charge is 0.472 e. The first-order chi connectivity index (χ1) is 3.43. The molecule has 0 radical (unpaired) electrons. The van der Waals surface area contributed by atoms with Gasteiger partial charge in [-0.25, -0.2) is 0 Å². The molecule has 1 aromatic rings. The summed E-state index contributed by atoms with van der Waals surface area (Å²) in [5.41, 5.74) is 1.62. The molecule has 1 rings (SSSR count). The van der Waals surface area contributed by atoms with Crippen LogP contribution >= 0.6 is 23.7 Å². The number of halogens is 1. The van der Waals surface area contributed by atoms with E-state index >= 15 is 0 Å². The molecule has 0 saturated heterocycles. The molecule has 0 N–H and O–H groups in total. The van der Waals surface area contributed by atoms with Gasteiger partial charge in [0.15, 0.2) is 0 Å². The predicted molar refractivity (Wildman–Crippen MR) is 33.7 cm³/mol. The molecule has 0 aliphatic carbocycles. The van der Waals surface area contributed by atoms with Crippen molar-refractivity contribution in [2.24, 2.45) is 0 Å². The number of hydrogen-bond acceptors (Lipinski definition) is 4. The van der Waals surface area contributed by atoms with E-state index in [0.29, 0.717) is 5.19 Å². The molecule has 5 heteroatoms. The average Bonchev–Trinajstić information content (AvgIpc) is 2.14. The molecule has 0 saturated carbocycles. The summed E-state index contributed by atoms with van der Waals surface area (Å²) >= 11 is 1.38. The van der Waals surface area contributed by atoms with Gasteiger partial charge < -0.3 is 4.74 Å². The van der Waals surface area contributed by atoms with Crippen molar-refractivity contribution in [2.75, 3.05) is 7.11 Å². The van der Waals surface area contributed by atoms with Crippen molar-refractivity contribution >= 4 is 23.7 Å². The van der Waals surface area contributed by atoms with E-state index in [-0.39, 0.29) is 12.4 Å². The zero-order valence-corrected chi connectivity index (χ0v) is 5.83. The fourth-order valence-corrected chi connectivity index (χ4v) is 0.627. The van der Waals surface area contributed by atoms with Crippen LogP contribution in [0.15, 0.2) is 5.51 Å². The first-order valence-electron chi connectivity index (χ1n) is 1.73. The van der Waals surface area contributed by atoms with E-state index in [2.05, 4.69) is 10.2 Å². The Morgan fingerprint density at radius 1 is 1.75 bits per heavy atom. The number of aromatic nitrogens is 2. The van der Waals surface area contributed by atoms with E-state index in [1.807, 2.05) is 0 Å². The molecule has 0 aromatic carbocycles. The van der Waals surface area contributed by atoms with Crippen molar-refractivity contribution in [3.05, 3.63) is 5.51 Å². The van der Waals surface area contributed by atoms with Crippen molar-refractivity contribution in [1.82, 2.24) is 10.2 Å². The molecule has 0 atom stereocenters. The van der Waals surface area contributed by atoms with Gasteiger partial charge in [-0.1, -0.05) is 11.3 Å². The second kappa shape index (κ2) is 3.63. The van der Waals surface area contributed by atoms with Crippen molar-refractivity contribution in [2.45, 2.75) is 0 Å². The molecule has 0 aliphatic rings. The Morgan fingerprint density at radius 3 is 2.75 bits per heavy atom. The van der Waals surface area contributed by atoms with Crippen molar-refractivity contribution in [1.29, 1.82) is 0 Å². The summed E-state index contributed by atoms with van der Waals surface area (Å²) in [6, 6.07) is 0. The minimum atomic E-state index is 0. The molecule has 0 aliphatic heterocycles.